The van der Waals surface area contributed by atoms with Crippen LogP contribution in [0.2, 0.25) is 0 Å². The summed E-state index contributed by atoms with van der Waals surface area (Å²) in [5.41, 5.74) is 1.77. The summed E-state index contributed by atoms with van der Waals surface area (Å²) in [6, 6.07) is 8.09. The van der Waals surface area contributed by atoms with E-state index in [0.717, 1.165) is 24.0 Å². The van der Waals surface area contributed by atoms with Crippen LogP contribution in [0.3, 0.4) is 0 Å². The minimum absolute atomic E-state index is 0.0172. The highest BCUT2D eigenvalue weighted by Crippen LogP contribution is 2.32. The standard InChI is InChI=1S/C18H30O2/c1-3-4-5-6-7-10-13-18(14-19,15-20)17-12-9-8-11-16(17)2/h8-9,11-12,19-20H,3-7,10,13-15H2,1-2H3. The Kier molecular flexibility index (Phi) is 7.86. The second kappa shape index (κ2) is 9.15. The molecule has 0 heterocycles. The Bertz CT molecular complexity index is 369. The lowest BCUT2D eigenvalue weighted by Gasteiger charge is -2.32. The predicted molar refractivity (Wildman–Crippen MR) is 85.0 cm³/mol. The van der Waals surface area contributed by atoms with Crippen molar-refractivity contribution in [1.29, 1.82) is 0 Å². The zero-order valence-corrected chi connectivity index (χ0v) is 13.1. The van der Waals surface area contributed by atoms with Gasteiger partial charge in [-0.15, -0.1) is 0 Å². The molecule has 0 saturated carbocycles. The Morgan fingerprint density at radius 2 is 1.50 bits per heavy atom. The fraction of sp³-hybridized carbons (Fsp3) is 0.667. The molecule has 20 heavy (non-hydrogen) atoms. The van der Waals surface area contributed by atoms with Crippen LogP contribution in [0.4, 0.5) is 0 Å². The molecule has 0 spiro atoms. The summed E-state index contributed by atoms with van der Waals surface area (Å²) in [5.74, 6) is 0. The molecule has 0 saturated heterocycles. The first-order chi connectivity index (χ1) is 9.70. The molecule has 0 aromatic heterocycles. The van der Waals surface area contributed by atoms with Crippen molar-refractivity contribution in [1.82, 2.24) is 0 Å². The third kappa shape index (κ3) is 4.60. The number of benzene rings is 1. The molecule has 0 unspecified atom stereocenters. The van der Waals surface area contributed by atoms with Crippen LogP contribution >= 0.6 is 0 Å². The molecule has 0 radical (unpaired) electrons. The maximum atomic E-state index is 9.84. The number of hydrogen-bond acceptors (Lipinski definition) is 2. The summed E-state index contributed by atoms with van der Waals surface area (Å²) in [5, 5.41) is 19.7. The van der Waals surface area contributed by atoms with Crippen LogP contribution in [0.5, 0.6) is 0 Å². The van der Waals surface area contributed by atoms with Gasteiger partial charge in [-0.3, -0.25) is 0 Å². The van der Waals surface area contributed by atoms with E-state index in [1.807, 2.05) is 18.2 Å². The highest BCUT2D eigenvalue weighted by Gasteiger charge is 2.31. The monoisotopic (exact) mass is 278 g/mol. The summed E-state index contributed by atoms with van der Waals surface area (Å²) in [6.07, 6.45) is 8.24. The van der Waals surface area contributed by atoms with Crippen LogP contribution in [0.25, 0.3) is 0 Å². The quantitative estimate of drug-likeness (QED) is 0.636. The number of aliphatic hydroxyl groups is 2. The van der Waals surface area contributed by atoms with Gasteiger partial charge in [-0.2, -0.15) is 0 Å². The summed E-state index contributed by atoms with van der Waals surface area (Å²) >= 11 is 0. The van der Waals surface area contributed by atoms with E-state index in [4.69, 9.17) is 0 Å². The van der Waals surface area contributed by atoms with E-state index in [1.54, 1.807) is 0 Å². The SMILES string of the molecule is CCCCCCCCC(CO)(CO)c1ccccc1C. The van der Waals surface area contributed by atoms with E-state index in [0.29, 0.717) is 0 Å². The third-order valence-corrected chi connectivity index (χ3v) is 4.33. The van der Waals surface area contributed by atoms with Gasteiger partial charge in [0.05, 0.1) is 13.2 Å². The molecular formula is C18H30O2. The van der Waals surface area contributed by atoms with Crippen LogP contribution in [-0.2, 0) is 5.41 Å². The zero-order valence-electron chi connectivity index (χ0n) is 13.1. The van der Waals surface area contributed by atoms with Gasteiger partial charge in [-0.05, 0) is 24.5 Å². The van der Waals surface area contributed by atoms with E-state index in [-0.39, 0.29) is 13.2 Å². The Hall–Kier alpha value is -0.860. The van der Waals surface area contributed by atoms with E-state index in [1.165, 1.54) is 32.1 Å². The smallest absolute Gasteiger partial charge is 0.0550 e. The molecule has 0 atom stereocenters. The molecule has 0 aliphatic heterocycles. The summed E-state index contributed by atoms with van der Waals surface area (Å²) in [4.78, 5) is 0. The summed E-state index contributed by atoms with van der Waals surface area (Å²) < 4.78 is 0. The lowest BCUT2D eigenvalue weighted by Crippen LogP contribution is -2.35. The number of aliphatic hydroxyl groups excluding tert-OH is 2. The highest BCUT2D eigenvalue weighted by molar-refractivity contribution is 5.33. The molecular weight excluding hydrogens is 248 g/mol. The second-order valence-electron chi connectivity index (χ2n) is 5.93. The summed E-state index contributed by atoms with van der Waals surface area (Å²) in [7, 11) is 0. The Morgan fingerprint density at radius 1 is 0.900 bits per heavy atom. The van der Waals surface area contributed by atoms with Crippen molar-refractivity contribution in [3.63, 3.8) is 0 Å². The maximum absolute atomic E-state index is 9.84. The van der Waals surface area contributed by atoms with Crippen LogP contribution in [0.1, 0.15) is 63.0 Å². The van der Waals surface area contributed by atoms with Gasteiger partial charge in [0, 0.05) is 5.41 Å². The first-order valence-corrected chi connectivity index (χ1v) is 7.98. The van der Waals surface area contributed by atoms with E-state index in [2.05, 4.69) is 19.9 Å². The number of hydrogen-bond donors (Lipinski definition) is 2. The lowest BCUT2D eigenvalue weighted by molar-refractivity contribution is 0.106. The van der Waals surface area contributed by atoms with Gasteiger partial charge in [0.25, 0.3) is 0 Å². The van der Waals surface area contributed by atoms with Gasteiger partial charge < -0.3 is 10.2 Å². The fourth-order valence-corrected chi connectivity index (χ4v) is 2.92. The van der Waals surface area contributed by atoms with Crippen molar-refractivity contribution in [2.75, 3.05) is 13.2 Å². The molecule has 0 fully saturated rings. The van der Waals surface area contributed by atoms with Gasteiger partial charge in [0.1, 0.15) is 0 Å². The fourth-order valence-electron chi connectivity index (χ4n) is 2.92. The average Bonchev–Trinajstić information content (AvgIpc) is 2.48. The zero-order chi connectivity index (χ0) is 14.8. The van der Waals surface area contributed by atoms with Crippen LogP contribution in [0, 0.1) is 6.92 Å². The first-order valence-electron chi connectivity index (χ1n) is 7.98. The van der Waals surface area contributed by atoms with Crippen molar-refractivity contribution < 1.29 is 10.2 Å². The third-order valence-electron chi connectivity index (χ3n) is 4.33. The van der Waals surface area contributed by atoms with Gasteiger partial charge in [-0.25, -0.2) is 0 Å². The van der Waals surface area contributed by atoms with Gasteiger partial charge in [-0.1, -0.05) is 69.7 Å². The van der Waals surface area contributed by atoms with Crippen LogP contribution < -0.4 is 0 Å². The Balaban J connectivity index is 2.61. The molecule has 0 aliphatic rings. The number of aryl methyl sites for hydroxylation is 1. The van der Waals surface area contributed by atoms with E-state index < -0.39 is 5.41 Å². The molecule has 114 valence electrons. The molecule has 0 bridgehead atoms. The number of rotatable bonds is 10. The highest BCUT2D eigenvalue weighted by atomic mass is 16.3. The van der Waals surface area contributed by atoms with Crippen molar-refractivity contribution >= 4 is 0 Å². The lowest BCUT2D eigenvalue weighted by atomic mass is 9.75. The van der Waals surface area contributed by atoms with Crippen LogP contribution in [0.15, 0.2) is 24.3 Å². The van der Waals surface area contributed by atoms with Crippen molar-refractivity contribution in [3.05, 3.63) is 35.4 Å². The molecule has 0 amide bonds. The molecule has 2 N–H and O–H groups in total. The summed E-state index contributed by atoms with van der Waals surface area (Å²) in [6.45, 7) is 4.31. The molecule has 1 aromatic carbocycles. The van der Waals surface area contributed by atoms with E-state index in [9.17, 15) is 10.2 Å². The Morgan fingerprint density at radius 3 is 2.10 bits per heavy atom. The minimum Gasteiger partial charge on any atom is -0.395 e. The largest absolute Gasteiger partial charge is 0.395 e. The first kappa shape index (κ1) is 17.2. The molecule has 1 aromatic rings. The second-order valence-corrected chi connectivity index (χ2v) is 5.93. The van der Waals surface area contributed by atoms with Crippen LogP contribution in [-0.4, -0.2) is 23.4 Å². The molecule has 0 aliphatic carbocycles. The van der Waals surface area contributed by atoms with Gasteiger partial charge in [0.15, 0.2) is 0 Å². The Labute approximate surface area is 123 Å². The predicted octanol–water partition coefficient (Wildman–Crippen LogP) is 3.97. The van der Waals surface area contributed by atoms with Crippen molar-refractivity contribution in [3.8, 4) is 0 Å². The maximum Gasteiger partial charge on any atom is 0.0550 e. The molecule has 2 nitrogen and oxygen atoms in total. The number of unbranched alkanes of at least 4 members (excludes halogenated alkanes) is 5. The minimum atomic E-state index is -0.476. The normalized spacial score (nSPS) is 11.8. The van der Waals surface area contributed by atoms with Gasteiger partial charge in [0.2, 0.25) is 0 Å². The van der Waals surface area contributed by atoms with Crippen molar-refractivity contribution in [2.45, 2.75) is 64.2 Å². The van der Waals surface area contributed by atoms with E-state index >= 15 is 0 Å². The van der Waals surface area contributed by atoms with Gasteiger partial charge >= 0.3 is 0 Å². The topological polar surface area (TPSA) is 40.5 Å². The average molecular weight is 278 g/mol. The van der Waals surface area contributed by atoms with Crippen molar-refractivity contribution in [2.24, 2.45) is 0 Å². The molecule has 2 heteroatoms. The molecule has 1 rings (SSSR count).